The molecule has 1 saturated heterocycles. The molecule has 0 radical (unpaired) electrons. The van der Waals surface area contributed by atoms with Crippen molar-refractivity contribution in [3.63, 3.8) is 0 Å². The highest BCUT2D eigenvalue weighted by molar-refractivity contribution is 7.98. The second kappa shape index (κ2) is 6.05. The standard InChI is InChI=1S/C17H23FN2OS/c1-3-10-22(2,21)20-8-6-13(7-9-20)16-12-19-17-11-14(18)4-5-15(16)17/h4-5,11-13,19H,2-3,6-10H2,1H3. The lowest BCUT2D eigenvalue weighted by Crippen LogP contribution is -2.39. The van der Waals surface area contributed by atoms with Crippen LogP contribution in [0.3, 0.4) is 0 Å². The van der Waals surface area contributed by atoms with Crippen molar-refractivity contribution < 1.29 is 8.60 Å². The molecular weight excluding hydrogens is 299 g/mol. The summed E-state index contributed by atoms with van der Waals surface area (Å²) in [5.41, 5.74) is 2.10. The molecule has 0 bridgehead atoms. The molecule has 1 N–H and O–H groups in total. The number of H-pyrrole nitrogens is 1. The summed E-state index contributed by atoms with van der Waals surface area (Å²) in [7, 11) is -2.10. The van der Waals surface area contributed by atoms with Crippen LogP contribution in [0.1, 0.15) is 37.7 Å². The number of halogens is 1. The van der Waals surface area contributed by atoms with E-state index in [1.807, 2.05) is 19.2 Å². The molecule has 1 unspecified atom stereocenters. The van der Waals surface area contributed by atoms with Gasteiger partial charge in [0.2, 0.25) is 0 Å². The predicted octanol–water partition coefficient (Wildman–Crippen LogP) is 3.53. The number of fused-ring (bicyclic) bond motifs is 1. The van der Waals surface area contributed by atoms with Crippen molar-refractivity contribution in [3.05, 3.63) is 35.8 Å². The first-order valence-electron chi connectivity index (χ1n) is 7.88. The van der Waals surface area contributed by atoms with Crippen LogP contribution >= 0.6 is 0 Å². The number of piperidine rings is 1. The third kappa shape index (κ3) is 2.92. The smallest absolute Gasteiger partial charge is 0.125 e. The molecule has 120 valence electrons. The maximum Gasteiger partial charge on any atom is 0.125 e. The molecule has 5 heteroatoms. The molecule has 1 fully saturated rings. The number of hydrogen-bond acceptors (Lipinski definition) is 1. The fraction of sp³-hybridized carbons (Fsp3) is 0.471. The van der Waals surface area contributed by atoms with Gasteiger partial charge >= 0.3 is 0 Å². The van der Waals surface area contributed by atoms with Crippen molar-refractivity contribution in [1.82, 2.24) is 9.29 Å². The van der Waals surface area contributed by atoms with Gasteiger partial charge in [-0.2, -0.15) is 0 Å². The van der Waals surface area contributed by atoms with Crippen molar-refractivity contribution in [3.8, 4) is 0 Å². The van der Waals surface area contributed by atoms with Crippen LogP contribution in [0.5, 0.6) is 0 Å². The number of aromatic nitrogens is 1. The second-order valence-corrected chi connectivity index (χ2v) is 8.58. The molecule has 2 aromatic rings. The third-order valence-electron chi connectivity index (χ3n) is 4.56. The molecule has 0 saturated carbocycles. The normalized spacial score (nSPS) is 20.3. The first kappa shape index (κ1) is 15.6. The van der Waals surface area contributed by atoms with Gasteiger partial charge in [0, 0.05) is 45.6 Å². The lowest BCUT2D eigenvalue weighted by atomic mass is 9.90. The molecule has 1 aromatic heterocycles. The van der Waals surface area contributed by atoms with Gasteiger partial charge in [0.05, 0.1) is 0 Å². The molecule has 1 atom stereocenters. The van der Waals surface area contributed by atoms with Gasteiger partial charge in [-0.3, -0.25) is 4.21 Å². The molecule has 3 rings (SSSR count). The van der Waals surface area contributed by atoms with Crippen LogP contribution < -0.4 is 0 Å². The molecular formula is C17H23FN2OS. The minimum Gasteiger partial charge on any atom is -0.361 e. The molecule has 3 nitrogen and oxygen atoms in total. The van der Waals surface area contributed by atoms with E-state index in [4.69, 9.17) is 0 Å². The molecule has 1 aromatic carbocycles. The highest BCUT2D eigenvalue weighted by atomic mass is 32.2. The van der Waals surface area contributed by atoms with Gasteiger partial charge in [-0.05, 0) is 54.8 Å². The number of aromatic amines is 1. The van der Waals surface area contributed by atoms with Crippen molar-refractivity contribution in [1.29, 1.82) is 0 Å². The number of nitrogens with one attached hydrogen (secondary N) is 1. The zero-order valence-electron chi connectivity index (χ0n) is 13.0. The Morgan fingerprint density at radius 3 is 2.82 bits per heavy atom. The molecule has 0 aliphatic carbocycles. The fourth-order valence-electron chi connectivity index (χ4n) is 3.41. The number of benzene rings is 1. The lowest BCUT2D eigenvalue weighted by Gasteiger charge is -2.33. The van der Waals surface area contributed by atoms with Gasteiger partial charge in [-0.15, -0.1) is 0 Å². The highest BCUT2D eigenvalue weighted by Gasteiger charge is 2.26. The number of hydrogen-bond donors (Lipinski definition) is 1. The molecule has 2 heterocycles. The Bertz CT molecular complexity index is 758. The Morgan fingerprint density at radius 2 is 2.14 bits per heavy atom. The Labute approximate surface area is 131 Å². The summed E-state index contributed by atoms with van der Waals surface area (Å²) in [6.07, 6.45) is 4.84. The third-order valence-corrected chi connectivity index (χ3v) is 6.92. The Hall–Kier alpha value is -1.33. The summed E-state index contributed by atoms with van der Waals surface area (Å²) in [4.78, 5) is 3.17. The average Bonchev–Trinajstić information content (AvgIpc) is 2.90. The largest absolute Gasteiger partial charge is 0.361 e. The van der Waals surface area contributed by atoms with Gasteiger partial charge in [0.25, 0.3) is 0 Å². The zero-order chi connectivity index (χ0) is 15.7. The second-order valence-electron chi connectivity index (χ2n) is 6.11. The van der Waals surface area contributed by atoms with Crippen molar-refractivity contribution in [2.24, 2.45) is 0 Å². The maximum absolute atomic E-state index is 13.3. The van der Waals surface area contributed by atoms with Crippen LogP contribution in [0.4, 0.5) is 4.39 Å². The monoisotopic (exact) mass is 322 g/mol. The first-order valence-corrected chi connectivity index (χ1v) is 9.73. The minimum atomic E-state index is -2.10. The van der Waals surface area contributed by atoms with Crippen LogP contribution in [0.25, 0.3) is 10.9 Å². The lowest BCUT2D eigenvalue weighted by molar-refractivity contribution is 0.334. The molecule has 0 amide bonds. The quantitative estimate of drug-likeness (QED) is 0.859. The summed E-state index contributed by atoms with van der Waals surface area (Å²) < 4.78 is 27.9. The summed E-state index contributed by atoms with van der Waals surface area (Å²) in [5.74, 6) is 4.83. The van der Waals surface area contributed by atoms with E-state index in [-0.39, 0.29) is 5.82 Å². The van der Waals surface area contributed by atoms with Crippen LogP contribution in [0.15, 0.2) is 24.4 Å². The predicted molar refractivity (Wildman–Crippen MR) is 92.2 cm³/mol. The van der Waals surface area contributed by atoms with Crippen LogP contribution in [-0.2, 0) is 9.71 Å². The molecule has 0 spiro atoms. The first-order chi connectivity index (χ1) is 10.5. The summed E-state index contributed by atoms with van der Waals surface area (Å²) in [6, 6.07) is 4.90. The maximum atomic E-state index is 13.3. The van der Waals surface area contributed by atoms with E-state index < -0.39 is 9.71 Å². The number of nitrogens with zero attached hydrogens (tertiary/aromatic N) is 1. The average molecular weight is 322 g/mol. The molecule has 1 aliphatic rings. The van der Waals surface area contributed by atoms with E-state index in [0.717, 1.165) is 43.3 Å². The van der Waals surface area contributed by atoms with Crippen molar-refractivity contribution in [2.75, 3.05) is 18.8 Å². The van der Waals surface area contributed by atoms with Crippen LogP contribution in [-0.4, -0.2) is 38.2 Å². The van der Waals surface area contributed by atoms with Gasteiger partial charge in [0.1, 0.15) is 5.82 Å². The van der Waals surface area contributed by atoms with Gasteiger partial charge in [0.15, 0.2) is 0 Å². The highest BCUT2D eigenvalue weighted by Crippen LogP contribution is 2.34. The minimum absolute atomic E-state index is 0.216. The topological polar surface area (TPSA) is 36.1 Å². The van der Waals surface area contributed by atoms with Crippen molar-refractivity contribution in [2.45, 2.75) is 32.1 Å². The van der Waals surface area contributed by atoms with Crippen molar-refractivity contribution >= 4 is 26.5 Å². The zero-order valence-corrected chi connectivity index (χ0v) is 13.8. The van der Waals surface area contributed by atoms with E-state index in [1.54, 1.807) is 0 Å². The Morgan fingerprint density at radius 1 is 1.41 bits per heavy atom. The van der Waals surface area contributed by atoms with E-state index in [2.05, 4.69) is 15.2 Å². The van der Waals surface area contributed by atoms with Gasteiger partial charge < -0.3 is 4.98 Å². The van der Waals surface area contributed by atoms with E-state index in [1.165, 1.54) is 17.7 Å². The van der Waals surface area contributed by atoms with E-state index >= 15 is 0 Å². The van der Waals surface area contributed by atoms with E-state index in [9.17, 15) is 8.60 Å². The SMILES string of the molecule is C=S(=O)(CCC)N1CCC(c2c[nH]c3cc(F)ccc23)CC1. The van der Waals surface area contributed by atoms with Crippen LogP contribution in [0, 0.1) is 5.82 Å². The molecule has 22 heavy (non-hydrogen) atoms. The van der Waals surface area contributed by atoms with Gasteiger partial charge in [-0.1, -0.05) is 6.92 Å². The number of rotatable bonds is 4. The summed E-state index contributed by atoms with van der Waals surface area (Å²) >= 11 is 0. The summed E-state index contributed by atoms with van der Waals surface area (Å²) in [6.45, 7) is 3.68. The summed E-state index contributed by atoms with van der Waals surface area (Å²) in [5, 5.41) is 1.10. The Kier molecular flexibility index (Phi) is 4.28. The fourth-order valence-corrected chi connectivity index (χ4v) is 5.18. The van der Waals surface area contributed by atoms with Gasteiger partial charge in [-0.25, -0.2) is 8.70 Å². The van der Waals surface area contributed by atoms with E-state index in [0.29, 0.717) is 11.7 Å². The van der Waals surface area contributed by atoms with Crippen LogP contribution in [0.2, 0.25) is 0 Å². The Balaban J connectivity index is 1.76. The molecule has 1 aliphatic heterocycles.